The van der Waals surface area contributed by atoms with Crippen LogP contribution in [0.2, 0.25) is 0 Å². The molecule has 3 aromatic carbocycles. The molecule has 1 amide bonds. The molecule has 1 aliphatic heterocycles. The molecular weight excluding hydrogens is 462 g/mol. The van der Waals surface area contributed by atoms with Crippen molar-refractivity contribution < 1.29 is 24.6 Å². The van der Waals surface area contributed by atoms with Crippen molar-refractivity contribution in [3.05, 3.63) is 106 Å². The lowest BCUT2D eigenvalue weighted by Gasteiger charge is -2.25. The minimum absolute atomic E-state index is 0.0270. The van der Waals surface area contributed by atoms with E-state index >= 15 is 0 Å². The molecule has 1 atom stereocenters. The molecule has 0 aliphatic carbocycles. The summed E-state index contributed by atoms with van der Waals surface area (Å²) in [5, 5.41) is 20.1. The fraction of sp³-hybridized carbons (Fsp3) is 0.0417. The number of aliphatic hydroxyl groups is 1. The highest BCUT2D eigenvalue weighted by molar-refractivity contribution is 9.10. The predicted octanol–water partition coefficient (Wildman–Crippen LogP) is 4.77. The number of nitrogens with zero attached hydrogens (tertiary/aromatic N) is 1. The van der Waals surface area contributed by atoms with Gasteiger partial charge in [-0.1, -0.05) is 58.4 Å². The van der Waals surface area contributed by atoms with E-state index in [1.807, 2.05) is 0 Å². The number of benzene rings is 3. The standard InChI is InChI=1S/C24H16BrNO5/c25-17-10-6-14(7-11-17)20-19(21(27)15-4-2-1-3-5-15)22(28)23(29)26(20)18-12-8-16(9-13-18)24(30)31/h1-13,20,27H,(H,30,31)/b21-19-. The first-order valence-corrected chi connectivity index (χ1v) is 10.1. The minimum atomic E-state index is -1.10. The van der Waals surface area contributed by atoms with Crippen molar-refractivity contribution >= 4 is 45.0 Å². The molecule has 1 heterocycles. The number of aromatic carboxylic acids is 1. The molecule has 1 saturated heterocycles. The van der Waals surface area contributed by atoms with Crippen LogP contribution in [0.5, 0.6) is 0 Å². The lowest BCUT2D eigenvalue weighted by Crippen LogP contribution is -2.29. The van der Waals surface area contributed by atoms with E-state index in [-0.39, 0.29) is 16.9 Å². The fourth-order valence-electron chi connectivity index (χ4n) is 3.58. The van der Waals surface area contributed by atoms with Crippen molar-refractivity contribution in [2.45, 2.75) is 6.04 Å². The molecule has 0 aromatic heterocycles. The Bertz CT molecular complexity index is 1200. The Morgan fingerprint density at radius 3 is 2.00 bits per heavy atom. The molecular formula is C24H16BrNO5. The average Bonchev–Trinajstić information content (AvgIpc) is 3.05. The summed E-state index contributed by atoms with van der Waals surface area (Å²) in [6, 6.07) is 20.5. The van der Waals surface area contributed by atoms with Gasteiger partial charge in [0.15, 0.2) is 0 Å². The zero-order valence-corrected chi connectivity index (χ0v) is 17.6. The van der Waals surface area contributed by atoms with Crippen LogP contribution in [0.3, 0.4) is 0 Å². The van der Waals surface area contributed by atoms with Crippen molar-refractivity contribution in [2.24, 2.45) is 0 Å². The third kappa shape index (κ3) is 3.75. The van der Waals surface area contributed by atoms with Gasteiger partial charge in [0.25, 0.3) is 11.7 Å². The second-order valence-electron chi connectivity index (χ2n) is 6.94. The molecule has 154 valence electrons. The van der Waals surface area contributed by atoms with Gasteiger partial charge in [-0.25, -0.2) is 4.79 Å². The van der Waals surface area contributed by atoms with E-state index in [0.717, 1.165) is 4.47 Å². The molecule has 0 radical (unpaired) electrons. The lowest BCUT2D eigenvalue weighted by atomic mass is 9.95. The van der Waals surface area contributed by atoms with E-state index < -0.39 is 23.7 Å². The number of ketones is 1. The van der Waals surface area contributed by atoms with Crippen LogP contribution >= 0.6 is 15.9 Å². The summed E-state index contributed by atoms with van der Waals surface area (Å²) >= 11 is 3.38. The summed E-state index contributed by atoms with van der Waals surface area (Å²) in [7, 11) is 0. The number of amides is 1. The van der Waals surface area contributed by atoms with Crippen LogP contribution in [-0.2, 0) is 9.59 Å². The zero-order valence-electron chi connectivity index (χ0n) is 16.0. The first-order chi connectivity index (χ1) is 14.9. The maximum Gasteiger partial charge on any atom is 0.335 e. The van der Waals surface area contributed by atoms with Gasteiger partial charge in [-0.2, -0.15) is 0 Å². The summed E-state index contributed by atoms with van der Waals surface area (Å²) in [6.07, 6.45) is 0. The fourth-order valence-corrected chi connectivity index (χ4v) is 3.84. The number of hydrogen-bond donors (Lipinski definition) is 2. The summed E-state index contributed by atoms with van der Waals surface area (Å²) in [5.41, 5.74) is 1.43. The third-order valence-corrected chi connectivity index (χ3v) is 5.60. The zero-order chi connectivity index (χ0) is 22.1. The molecule has 1 unspecified atom stereocenters. The number of halogens is 1. The third-order valence-electron chi connectivity index (χ3n) is 5.07. The van der Waals surface area contributed by atoms with Crippen LogP contribution in [0, 0.1) is 0 Å². The molecule has 1 aliphatic rings. The molecule has 2 N–H and O–H groups in total. The quantitative estimate of drug-likeness (QED) is 0.320. The van der Waals surface area contributed by atoms with Crippen LogP contribution in [0.4, 0.5) is 5.69 Å². The predicted molar refractivity (Wildman–Crippen MR) is 119 cm³/mol. The number of carbonyl (C=O) groups excluding carboxylic acids is 2. The monoisotopic (exact) mass is 477 g/mol. The lowest BCUT2D eigenvalue weighted by molar-refractivity contribution is -0.132. The van der Waals surface area contributed by atoms with Crippen LogP contribution in [-0.4, -0.2) is 27.9 Å². The first-order valence-electron chi connectivity index (χ1n) is 9.33. The topological polar surface area (TPSA) is 94.9 Å². The SMILES string of the molecule is O=C1C(=O)N(c2ccc(C(=O)O)cc2)C(c2ccc(Br)cc2)/C1=C(/O)c1ccccc1. The van der Waals surface area contributed by atoms with Gasteiger partial charge < -0.3 is 10.2 Å². The highest BCUT2D eigenvalue weighted by atomic mass is 79.9. The average molecular weight is 478 g/mol. The molecule has 4 rings (SSSR count). The van der Waals surface area contributed by atoms with Crippen LogP contribution in [0.25, 0.3) is 5.76 Å². The molecule has 0 spiro atoms. The molecule has 0 bridgehead atoms. The van der Waals surface area contributed by atoms with Gasteiger partial charge in [0.05, 0.1) is 17.2 Å². The van der Waals surface area contributed by atoms with E-state index in [1.165, 1.54) is 29.2 Å². The largest absolute Gasteiger partial charge is 0.507 e. The maximum absolute atomic E-state index is 13.0. The number of carbonyl (C=O) groups is 3. The van der Waals surface area contributed by atoms with Crippen LogP contribution < -0.4 is 4.90 Å². The number of rotatable bonds is 4. The summed E-state index contributed by atoms with van der Waals surface area (Å²) in [4.78, 5) is 38.5. The summed E-state index contributed by atoms with van der Waals surface area (Å²) in [6.45, 7) is 0. The van der Waals surface area contributed by atoms with Crippen molar-refractivity contribution in [1.82, 2.24) is 0 Å². The van der Waals surface area contributed by atoms with Crippen LogP contribution in [0.15, 0.2) is 88.9 Å². The van der Waals surface area contributed by atoms with E-state index in [1.54, 1.807) is 54.6 Å². The highest BCUT2D eigenvalue weighted by Crippen LogP contribution is 2.42. The second kappa shape index (κ2) is 8.20. The number of carboxylic acids is 1. The van der Waals surface area contributed by atoms with Gasteiger partial charge in [-0.05, 0) is 42.0 Å². The second-order valence-corrected chi connectivity index (χ2v) is 7.85. The van der Waals surface area contributed by atoms with Crippen molar-refractivity contribution in [3.63, 3.8) is 0 Å². The van der Waals surface area contributed by atoms with Gasteiger partial charge in [0.2, 0.25) is 0 Å². The number of Topliss-reactive ketones (excluding diaryl/α,β-unsaturated/α-hetero) is 1. The molecule has 1 fully saturated rings. The van der Waals surface area contributed by atoms with Gasteiger partial charge in [-0.15, -0.1) is 0 Å². The Morgan fingerprint density at radius 1 is 0.806 bits per heavy atom. The summed E-state index contributed by atoms with van der Waals surface area (Å²) < 4.78 is 0.821. The smallest absolute Gasteiger partial charge is 0.335 e. The Morgan fingerprint density at radius 2 is 1.42 bits per heavy atom. The van der Waals surface area contributed by atoms with E-state index in [9.17, 15) is 19.5 Å². The van der Waals surface area contributed by atoms with Gasteiger partial charge in [0.1, 0.15) is 5.76 Å². The molecule has 6 nitrogen and oxygen atoms in total. The molecule has 0 saturated carbocycles. The maximum atomic E-state index is 13.0. The van der Waals surface area contributed by atoms with Gasteiger partial charge >= 0.3 is 5.97 Å². The van der Waals surface area contributed by atoms with Crippen LogP contribution in [0.1, 0.15) is 27.5 Å². The van der Waals surface area contributed by atoms with E-state index in [0.29, 0.717) is 16.8 Å². The van der Waals surface area contributed by atoms with Gasteiger partial charge in [-0.3, -0.25) is 14.5 Å². The van der Waals surface area contributed by atoms with Crippen molar-refractivity contribution in [3.8, 4) is 0 Å². The highest BCUT2D eigenvalue weighted by Gasteiger charge is 2.46. The van der Waals surface area contributed by atoms with Gasteiger partial charge in [0, 0.05) is 15.7 Å². The van der Waals surface area contributed by atoms with E-state index in [4.69, 9.17) is 5.11 Å². The number of anilines is 1. The Labute approximate surface area is 186 Å². The Balaban J connectivity index is 1.91. The number of hydrogen-bond acceptors (Lipinski definition) is 4. The normalized spacial score (nSPS) is 17.7. The number of aliphatic hydroxyl groups excluding tert-OH is 1. The van der Waals surface area contributed by atoms with Crippen molar-refractivity contribution in [2.75, 3.05) is 4.90 Å². The molecule has 7 heteroatoms. The number of carboxylic acid groups (broad SMARTS) is 1. The van der Waals surface area contributed by atoms with E-state index in [2.05, 4.69) is 15.9 Å². The molecule has 31 heavy (non-hydrogen) atoms. The molecule has 3 aromatic rings. The summed E-state index contributed by atoms with van der Waals surface area (Å²) in [5.74, 6) is -2.97. The van der Waals surface area contributed by atoms with Crippen molar-refractivity contribution in [1.29, 1.82) is 0 Å². The Hall–Kier alpha value is -3.71. The Kier molecular flexibility index (Phi) is 5.44. The first kappa shape index (κ1) is 20.6. The minimum Gasteiger partial charge on any atom is -0.507 e.